The van der Waals surface area contributed by atoms with Gasteiger partial charge >= 0.3 is 0 Å². The first kappa shape index (κ1) is 11.1. The van der Waals surface area contributed by atoms with Crippen LogP contribution in [0.25, 0.3) is 0 Å². The van der Waals surface area contributed by atoms with Crippen molar-refractivity contribution in [2.45, 2.75) is 12.5 Å². The molecular weight excluding hydrogens is 204 g/mol. The van der Waals surface area contributed by atoms with E-state index in [1.54, 1.807) is 7.11 Å². The summed E-state index contributed by atoms with van der Waals surface area (Å²) in [7, 11) is 1.68. The summed E-state index contributed by atoms with van der Waals surface area (Å²) < 4.78 is 4.96. The van der Waals surface area contributed by atoms with Gasteiger partial charge < -0.3 is 15.4 Å². The minimum Gasteiger partial charge on any atom is -0.385 e. The molecule has 0 saturated heterocycles. The Kier molecular flexibility index (Phi) is 3.54. The number of carbonyl (C=O) groups excluding carboxylic acids is 1. The summed E-state index contributed by atoms with van der Waals surface area (Å²) in [6.07, 6.45) is 0.905. The highest BCUT2D eigenvalue weighted by Gasteiger charge is 2.29. The monoisotopic (exact) mass is 220 g/mol. The van der Waals surface area contributed by atoms with Gasteiger partial charge in [0.1, 0.15) is 6.04 Å². The number of fused-ring (bicyclic) bond motifs is 1. The third-order valence-electron chi connectivity index (χ3n) is 2.67. The highest BCUT2D eigenvalue weighted by atomic mass is 16.5. The fourth-order valence-electron chi connectivity index (χ4n) is 1.87. The Morgan fingerprint density at radius 1 is 1.44 bits per heavy atom. The molecule has 1 aromatic carbocycles. The zero-order chi connectivity index (χ0) is 11.4. The molecule has 1 unspecified atom stereocenters. The van der Waals surface area contributed by atoms with Crippen LogP contribution in [-0.2, 0) is 9.53 Å². The van der Waals surface area contributed by atoms with Gasteiger partial charge in [0, 0.05) is 25.0 Å². The minimum atomic E-state index is -0.215. The van der Waals surface area contributed by atoms with E-state index in [2.05, 4.69) is 10.6 Å². The number of amides is 1. The number of methoxy groups -OCH3 is 1. The van der Waals surface area contributed by atoms with Gasteiger partial charge in [-0.05, 0) is 19.0 Å². The van der Waals surface area contributed by atoms with Crippen LogP contribution in [-0.4, -0.2) is 26.2 Å². The van der Waals surface area contributed by atoms with Crippen molar-refractivity contribution < 1.29 is 9.53 Å². The maximum atomic E-state index is 11.7. The molecule has 1 amide bonds. The molecule has 86 valence electrons. The van der Waals surface area contributed by atoms with Crippen LogP contribution in [0, 0.1) is 0 Å². The lowest BCUT2D eigenvalue weighted by atomic mass is 10.1. The maximum Gasteiger partial charge on any atom is 0.246 e. The number of hydrogen-bond acceptors (Lipinski definition) is 3. The van der Waals surface area contributed by atoms with E-state index in [1.807, 2.05) is 24.3 Å². The van der Waals surface area contributed by atoms with Gasteiger partial charge in [0.25, 0.3) is 0 Å². The number of rotatable bonds is 5. The highest BCUT2D eigenvalue weighted by molar-refractivity contribution is 6.02. The summed E-state index contributed by atoms with van der Waals surface area (Å²) in [4.78, 5) is 11.7. The van der Waals surface area contributed by atoms with Crippen molar-refractivity contribution in [2.75, 3.05) is 25.6 Å². The predicted octanol–water partition coefficient (Wildman–Crippen LogP) is 1.31. The minimum absolute atomic E-state index is 0.0265. The first-order valence-electron chi connectivity index (χ1n) is 5.45. The molecule has 0 saturated carbocycles. The zero-order valence-corrected chi connectivity index (χ0v) is 9.32. The number of para-hydroxylation sites is 1. The molecule has 0 bridgehead atoms. The average Bonchev–Trinajstić information content (AvgIpc) is 2.61. The highest BCUT2D eigenvalue weighted by Crippen LogP contribution is 2.29. The van der Waals surface area contributed by atoms with E-state index in [-0.39, 0.29) is 11.9 Å². The van der Waals surface area contributed by atoms with Crippen LogP contribution < -0.4 is 10.6 Å². The van der Waals surface area contributed by atoms with Crippen LogP contribution in [0.15, 0.2) is 24.3 Å². The molecule has 1 heterocycles. The van der Waals surface area contributed by atoms with Crippen molar-refractivity contribution in [1.82, 2.24) is 5.32 Å². The fraction of sp³-hybridized carbons (Fsp3) is 0.417. The summed E-state index contributed by atoms with van der Waals surface area (Å²) in [5.41, 5.74) is 1.95. The molecule has 0 aromatic heterocycles. The summed E-state index contributed by atoms with van der Waals surface area (Å²) in [6, 6.07) is 7.55. The summed E-state index contributed by atoms with van der Waals surface area (Å²) in [5, 5.41) is 6.09. The van der Waals surface area contributed by atoms with Gasteiger partial charge in [0.2, 0.25) is 5.91 Å². The first-order valence-corrected chi connectivity index (χ1v) is 5.45. The lowest BCUT2D eigenvalue weighted by Gasteiger charge is -2.10. The van der Waals surface area contributed by atoms with Gasteiger partial charge in [-0.3, -0.25) is 4.79 Å². The Morgan fingerprint density at radius 3 is 3.06 bits per heavy atom. The Labute approximate surface area is 95.0 Å². The first-order chi connectivity index (χ1) is 7.83. The van der Waals surface area contributed by atoms with Crippen LogP contribution in [0.4, 0.5) is 5.69 Å². The van der Waals surface area contributed by atoms with Gasteiger partial charge in [0.15, 0.2) is 0 Å². The van der Waals surface area contributed by atoms with Crippen molar-refractivity contribution in [3.8, 4) is 0 Å². The summed E-state index contributed by atoms with van der Waals surface area (Å²) in [6.45, 7) is 1.49. The molecule has 1 aliphatic rings. The van der Waals surface area contributed by atoms with E-state index in [1.165, 1.54) is 0 Å². The second kappa shape index (κ2) is 5.09. The van der Waals surface area contributed by atoms with Gasteiger partial charge in [-0.15, -0.1) is 0 Å². The van der Waals surface area contributed by atoms with Gasteiger partial charge in [0.05, 0.1) is 0 Å². The van der Waals surface area contributed by atoms with Crippen LogP contribution in [0.3, 0.4) is 0 Å². The Bertz CT molecular complexity index is 379. The van der Waals surface area contributed by atoms with Crippen LogP contribution >= 0.6 is 0 Å². The molecule has 4 heteroatoms. The molecule has 0 fully saturated rings. The quantitative estimate of drug-likeness (QED) is 0.735. The average molecular weight is 220 g/mol. The molecule has 4 nitrogen and oxygen atoms in total. The largest absolute Gasteiger partial charge is 0.385 e. The van der Waals surface area contributed by atoms with Crippen molar-refractivity contribution in [2.24, 2.45) is 0 Å². The molecule has 1 atom stereocenters. The van der Waals surface area contributed by atoms with E-state index < -0.39 is 0 Å². The SMILES string of the molecule is COCCCNC1C(=O)Nc2ccccc21. The predicted molar refractivity (Wildman–Crippen MR) is 62.3 cm³/mol. The molecule has 0 aliphatic carbocycles. The van der Waals surface area contributed by atoms with Crippen molar-refractivity contribution in [3.63, 3.8) is 0 Å². The van der Waals surface area contributed by atoms with Gasteiger partial charge in [-0.2, -0.15) is 0 Å². The number of ether oxygens (including phenoxy) is 1. The number of anilines is 1. The lowest BCUT2D eigenvalue weighted by molar-refractivity contribution is -0.117. The van der Waals surface area contributed by atoms with E-state index in [0.29, 0.717) is 6.61 Å². The lowest BCUT2D eigenvalue weighted by Crippen LogP contribution is -2.28. The van der Waals surface area contributed by atoms with E-state index in [4.69, 9.17) is 4.74 Å². The molecule has 0 radical (unpaired) electrons. The Morgan fingerprint density at radius 2 is 2.25 bits per heavy atom. The van der Waals surface area contributed by atoms with E-state index in [0.717, 1.165) is 24.2 Å². The van der Waals surface area contributed by atoms with Crippen molar-refractivity contribution >= 4 is 11.6 Å². The Balaban J connectivity index is 1.97. The van der Waals surface area contributed by atoms with Crippen LogP contribution in [0.2, 0.25) is 0 Å². The Hall–Kier alpha value is -1.39. The van der Waals surface area contributed by atoms with Crippen LogP contribution in [0.1, 0.15) is 18.0 Å². The van der Waals surface area contributed by atoms with E-state index >= 15 is 0 Å². The second-order valence-corrected chi connectivity index (χ2v) is 3.81. The molecule has 2 N–H and O–H groups in total. The number of nitrogens with one attached hydrogen (secondary N) is 2. The van der Waals surface area contributed by atoms with Crippen LogP contribution in [0.5, 0.6) is 0 Å². The normalized spacial score (nSPS) is 18.3. The standard InChI is InChI=1S/C12H16N2O2/c1-16-8-4-7-13-11-9-5-2-3-6-10(9)14-12(11)15/h2-3,5-6,11,13H,4,7-8H2,1H3,(H,14,15). The smallest absolute Gasteiger partial charge is 0.246 e. The molecule has 16 heavy (non-hydrogen) atoms. The molecule has 2 rings (SSSR count). The number of carbonyl (C=O) groups is 1. The third kappa shape index (κ3) is 2.23. The van der Waals surface area contributed by atoms with Crippen molar-refractivity contribution in [1.29, 1.82) is 0 Å². The van der Waals surface area contributed by atoms with Gasteiger partial charge in [-0.25, -0.2) is 0 Å². The second-order valence-electron chi connectivity index (χ2n) is 3.81. The zero-order valence-electron chi connectivity index (χ0n) is 9.32. The molecule has 1 aliphatic heterocycles. The molecule has 1 aromatic rings. The molecule has 0 spiro atoms. The topological polar surface area (TPSA) is 50.4 Å². The summed E-state index contributed by atoms with van der Waals surface area (Å²) in [5.74, 6) is 0.0265. The van der Waals surface area contributed by atoms with Gasteiger partial charge in [-0.1, -0.05) is 18.2 Å². The maximum absolute atomic E-state index is 11.7. The summed E-state index contributed by atoms with van der Waals surface area (Å²) >= 11 is 0. The molecular formula is C12H16N2O2. The fourth-order valence-corrected chi connectivity index (χ4v) is 1.87. The number of benzene rings is 1. The van der Waals surface area contributed by atoms with E-state index in [9.17, 15) is 4.79 Å². The number of hydrogen-bond donors (Lipinski definition) is 2. The van der Waals surface area contributed by atoms with Crippen molar-refractivity contribution in [3.05, 3.63) is 29.8 Å². The third-order valence-corrected chi connectivity index (χ3v) is 2.67.